The molecule has 1 fully saturated rings. The van der Waals surface area contributed by atoms with Crippen LogP contribution in [0, 0.1) is 17.2 Å². The molecule has 2 atom stereocenters. The number of aliphatic carboxylic acids is 1. The summed E-state index contributed by atoms with van der Waals surface area (Å²) < 4.78 is 14.3. The first-order chi connectivity index (χ1) is 17.5. The van der Waals surface area contributed by atoms with E-state index in [1.807, 2.05) is 36.1 Å². The van der Waals surface area contributed by atoms with Crippen molar-refractivity contribution >= 4 is 32.1 Å². The van der Waals surface area contributed by atoms with Crippen molar-refractivity contribution in [3.8, 4) is 0 Å². The Morgan fingerprint density at radius 2 is 1.86 bits per heavy atom. The molecule has 1 saturated carbocycles. The standard InChI is InChI=1S/C30H38FN2O3P/c1-5-29(3,4)23-12-14-30(15-13-23)32-27(22-16-24(31)18-25(37)17-22)28(36)33(30)19(2)21-9-6-20(7-10-21)8-11-26(34)35/h6-7,9-10,16-19,23H,5,8,11-15,37H2,1-4H3,(H,34,35). The van der Waals surface area contributed by atoms with E-state index in [1.165, 1.54) is 12.1 Å². The van der Waals surface area contributed by atoms with Gasteiger partial charge < -0.3 is 10.0 Å². The number of carboxylic acids is 1. The van der Waals surface area contributed by atoms with Crippen LogP contribution in [0.2, 0.25) is 0 Å². The van der Waals surface area contributed by atoms with E-state index in [9.17, 15) is 14.0 Å². The zero-order valence-corrected chi connectivity index (χ0v) is 23.4. The van der Waals surface area contributed by atoms with Crippen molar-refractivity contribution in [1.82, 2.24) is 4.90 Å². The maximum absolute atomic E-state index is 14.3. The Morgan fingerprint density at radius 1 is 1.22 bits per heavy atom. The van der Waals surface area contributed by atoms with E-state index in [4.69, 9.17) is 10.1 Å². The Bertz CT molecular complexity index is 1180. The summed E-state index contributed by atoms with van der Waals surface area (Å²) in [6.45, 7) is 8.91. The third-order valence-electron chi connectivity index (χ3n) is 8.66. The average Bonchev–Trinajstić information content (AvgIpc) is 3.13. The van der Waals surface area contributed by atoms with E-state index < -0.39 is 11.6 Å². The molecular weight excluding hydrogens is 486 g/mol. The zero-order chi connectivity index (χ0) is 27.0. The van der Waals surface area contributed by atoms with Gasteiger partial charge in [-0.15, -0.1) is 9.24 Å². The monoisotopic (exact) mass is 524 g/mol. The van der Waals surface area contributed by atoms with Crippen LogP contribution in [0.25, 0.3) is 0 Å². The number of aryl methyl sites for hydroxylation is 1. The third-order valence-corrected chi connectivity index (χ3v) is 9.00. The van der Waals surface area contributed by atoms with Gasteiger partial charge in [0.25, 0.3) is 5.91 Å². The highest BCUT2D eigenvalue weighted by molar-refractivity contribution is 7.27. The first kappa shape index (κ1) is 27.4. The van der Waals surface area contributed by atoms with Crippen LogP contribution in [0.3, 0.4) is 0 Å². The zero-order valence-electron chi connectivity index (χ0n) is 22.3. The van der Waals surface area contributed by atoms with Gasteiger partial charge in [0.05, 0.1) is 6.04 Å². The lowest BCUT2D eigenvalue weighted by molar-refractivity contribution is -0.137. The molecule has 7 heteroatoms. The Kier molecular flexibility index (Phi) is 7.90. The number of rotatable bonds is 8. The summed E-state index contributed by atoms with van der Waals surface area (Å²) in [5.41, 5.74) is 2.36. The smallest absolute Gasteiger partial charge is 0.303 e. The van der Waals surface area contributed by atoms with E-state index in [2.05, 4.69) is 30.0 Å². The van der Waals surface area contributed by atoms with Crippen LogP contribution in [-0.2, 0) is 16.0 Å². The molecule has 0 radical (unpaired) electrons. The molecule has 0 saturated heterocycles. The number of carbonyl (C=O) groups excluding carboxylic acids is 1. The molecule has 1 N–H and O–H groups in total. The predicted molar refractivity (Wildman–Crippen MR) is 149 cm³/mol. The fourth-order valence-corrected chi connectivity index (χ4v) is 6.29. The SMILES string of the molecule is CCC(C)(C)C1CCC2(CC1)N=C(c1cc(F)cc(P)c1)C(=O)N2C(C)c1ccc(CCC(=O)O)cc1. The molecule has 5 nitrogen and oxygen atoms in total. The number of carboxylic acid groups (broad SMARTS) is 1. The van der Waals surface area contributed by atoms with Crippen LogP contribution < -0.4 is 5.30 Å². The molecule has 1 spiro atoms. The number of halogens is 1. The largest absolute Gasteiger partial charge is 0.481 e. The molecule has 1 heterocycles. The Hall–Kier alpha value is -2.59. The lowest BCUT2D eigenvalue weighted by atomic mass is 9.67. The Morgan fingerprint density at radius 3 is 2.43 bits per heavy atom. The minimum Gasteiger partial charge on any atom is -0.481 e. The number of hydrogen-bond acceptors (Lipinski definition) is 3. The highest BCUT2D eigenvalue weighted by Gasteiger charge is 2.52. The van der Waals surface area contributed by atoms with Crippen molar-refractivity contribution in [3.63, 3.8) is 0 Å². The highest BCUT2D eigenvalue weighted by atomic mass is 31.0. The van der Waals surface area contributed by atoms with Crippen LogP contribution in [0.15, 0.2) is 47.5 Å². The molecule has 4 rings (SSSR count). The lowest BCUT2D eigenvalue weighted by Crippen LogP contribution is -2.51. The fraction of sp³-hybridized carbons (Fsp3) is 0.500. The second-order valence-electron chi connectivity index (χ2n) is 11.3. The van der Waals surface area contributed by atoms with Crippen LogP contribution in [0.4, 0.5) is 4.39 Å². The van der Waals surface area contributed by atoms with E-state index >= 15 is 0 Å². The molecule has 1 aliphatic heterocycles. The van der Waals surface area contributed by atoms with Crippen molar-refractivity contribution < 1.29 is 19.1 Å². The number of nitrogens with zero attached hydrogens (tertiary/aromatic N) is 2. The molecule has 198 valence electrons. The first-order valence-electron chi connectivity index (χ1n) is 13.3. The topological polar surface area (TPSA) is 70.0 Å². The van der Waals surface area contributed by atoms with Crippen LogP contribution in [0.1, 0.15) is 89.0 Å². The van der Waals surface area contributed by atoms with E-state index in [0.717, 1.165) is 43.2 Å². The summed E-state index contributed by atoms with van der Waals surface area (Å²) >= 11 is 0. The maximum atomic E-state index is 14.3. The van der Waals surface area contributed by atoms with Crippen molar-refractivity contribution in [2.24, 2.45) is 16.3 Å². The molecule has 2 aromatic rings. The normalized spacial score (nSPS) is 22.9. The number of benzene rings is 2. The van der Waals surface area contributed by atoms with E-state index in [-0.39, 0.29) is 29.6 Å². The second-order valence-corrected chi connectivity index (χ2v) is 12.0. The minimum atomic E-state index is -0.820. The number of aliphatic imine (C=N–C) groups is 1. The molecule has 1 amide bonds. The minimum absolute atomic E-state index is 0.0838. The van der Waals surface area contributed by atoms with Gasteiger partial charge in [-0.05, 0) is 85.0 Å². The third kappa shape index (κ3) is 5.65. The summed E-state index contributed by atoms with van der Waals surface area (Å²) in [5.74, 6) is -0.801. The quantitative estimate of drug-likeness (QED) is 0.427. The van der Waals surface area contributed by atoms with Gasteiger partial charge >= 0.3 is 5.97 Å². The molecule has 2 unspecified atom stereocenters. The number of carbonyl (C=O) groups is 2. The van der Waals surface area contributed by atoms with Crippen molar-refractivity contribution in [2.75, 3.05) is 0 Å². The summed E-state index contributed by atoms with van der Waals surface area (Å²) in [6.07, 6.45) is 5.18. The molecule has 2 aromatic carbocycles. The Labute approximate surface area is 221 Å². The Balaban J connectivity index is 1.68. The van der Waals surface area contributed by atoms with Gasteiger partial charge in [0, 0.05) is 12.0 Å². The predicted octanol–water partition coefficient (Wildman–Crippen LogP) is 6.06. The van der Waals surface area contributed by atoms with E-state index in [1.54, 1.807) is 6.07 Å². The van der Waals surface area contributed by atoms with Crippen molar-refractivity contribution in [1.29, 1.82) is 0 Å². The van der Waals surface area contributed by atoms with Crippen LogP contribution in [0.5, 0.6) is 0 Å². The molecule has 1 aliphatic carbocycles. The molecular formula is C30H38FN2O3P. The lowest BCUT2D eigenvalue weighted by Gasteiger charge is -2.47. The van der Waals surface area contributed by atoms with Gasteiger partial charge in [-0.2, -0.15) is 0 Å². The second kappa shape index (κ2) is 10.6. The molecule has 2 aliphatic rings. The van der Waals surface area contributed by atoms with Crippen molar-refractivity contribution in [3.05, 3.63) is 65.0 Å². The first-order valence-corrected chi connectivity index (χ1v) is 13.8. The van der Waals surface area contributed by atoms with Gasteiger partial charge in [-0.1, -0.05) is 51.5 Å². The van der Waals surface area contributed by atoms with Gasteiger partial charge in [0.1, 0.15) is 17.2 Å². The van der Waals surface area contributed by atoms with Crippen molar-refractivity contribution in [2.45, 2.75) is 84.3 Å². The summed E-state index contributed by atoms with van der Waals surface area (Å²) in [5, 5.41) is 9.66. The van der Waals surface area contributed by atoms with E-state index in [0.29, 0.717) is 28.9 Å². The summed E-state index contributed by atoms with van der Waals surface area (Å²) in [4.78, 5) is 32.0. The molecule has 37 heavy (non-hydrogen) atoms. The summed E-state index contributed by atoms with van der Waals surface area (Å²) in [6, 6.07) is 12.2. The molecule has 0 bridgehead atoms. The van der Waals surface area contributed by atoms with Gasteiger partial charge in [-0.25, -0.2) is 4.39 Å². The van der Waals surface area contributed by atoms with Crippen LogP contribution >= 0.6 is 9.24 Å². The highest BCUT2D eigenvalue weighted by Crippen LogP contribution is 2.50. The maximum Gasteiger partial charge on any atom is 0.303 e. The fourth-order valence-electron chi connectivity index (χ4n) is 5.95. The molecule has 0 aromatic heterocycles. The number of hydrogen-bond donors (Lipinski definition) is 1. The number of amides is 1. The summed E-state index contributed by atoms with van der Waals surface area (Å²) in [7, 11) is 2.51. The van der Waals surface area contributed by atoms with Gasteiger partial charge in [0.2, 0.25) is 0 Å². The van der Waals surface area contributed by atoms with Crippen LogP contribution in [-0.4, -0.2) is 33.3 Å². The van der Waals surface area contributed by atoms with Gasteiger partial charge in [-0.3, -0.25) is 14.6 Å². The van der Waals surface area contributed by atoms with Gasteiger partial charge in [0.15, 0.2) is 0 Å². The average molecular weight is 525 g/mol.